The molecule has 0 spiro atoms. The van der Waals surface area contributed by atoms with E-state index in [1.807, 2.05) is 0 Å². The van der Waals surface area contributed by atoms with Gasteiger partial charge in [-0.2, -0.15) is 0 Å². The second-order valence-corrected chi connectivity index (χ2v) is 5.55. The van der Waals surface area contributed by atoms with Crippen molar-refractivity contribution in [2.75, 3.05) is 6.61 Å². The molecule has 0 fully saturated rings. The number of imidazole rings is 1. The third-order valence-corrected chi connectivity index (χ3v) is 3.97. The van der Waals surface area contributed by atoms with E-state index in [1.54, 1.807) is 0 Å². The van der Waals surface area contributed by atoms with Crippen molar-refractivity contribution in [1.82, 2.24) is 9.55 Å². The number of benzene rings is 1. The van der Waals surface area contributed by atoms with Gasteiger partial charge in [-0.15, -0.1) is 0 Å². The average Bonchev–Trinajstić information content (AvgIpc) is 2.68. The van der Waals surface area contributed by atoms with Gasteiger partial charge in [-0.3, -0.25) is 0 Å². The third kappa shape index (κ3) is 2.81. The number of aryl methyl sites for hydroxylation is 2. The zero-order chi connectivity index (χ0) is 14.0. The van der Waals surface area contributed by atoms with Gasteiger partial charge >= 0.3 is 0 Å². The van der Waals surface area contributed by atoms with Crippen molar-refractivity contribution in [3.05, 3.63) is 29.1 Å². The summed E-state index contributed by atoms with van der Waals surface area (Å²) in [5, 5.41) is 9.22. The highest BCUT2D eigenvalue weighted by molar-refractivity contribution is 5.78. The van der Waals surface area contributed by atoms with Crippen LogP contribution in [0.1, 0.15) is 37.2 Å². The number of hydrogen-bond acceptors (Lipinski definition) is 2. The van der Waals surface area contributed by atoms with Gasteiger partial charge in [-0.05, 0) is 43.0 Å². The number of aliphatic hydroxyl groups excluding tert-OH is 1. The first-order valence-corrected chi connectivity index (χ1v) is 7.14. The fourth-order valence-electron chi connectivity index (χ4n) is 2.37. The van der Waals surface area contributed by atoms with Gasteiger partial charge in [-0.1, -0.05) is 20.3 Å². The first-order chi connectivity index (χ1) is 9.06. The van der Waals surface area contributed by atoms with Gasteiger partial charge < -0.3 is 9.67 Å². The molecule has 0 saturated carbocycles. The Hall–Kier alpha value is -1.35. The summed E-state index contributed by atoms with van der Waals surface area (Å²) in [5.41, 5.74) is 4.83. The lowest BCUT2D eigenvalue weighted by atomic mass is 10.1. The first kappa shape index (κ1) is 14.1. The topological polar surface area (TPSA) is 38.0 Å². The molecule has 0 radical (unpaired) electrons. The molecule has 19 heavy (non-hydrogen) atoms. The van der Waals surface area contributed by atoms with Crippen molar-refractivity contribution < 1.29 is 5.11 Å². The Balaban J connectivity index is 2.55. The largest absolute Gasteiger partial charge is 0.396 e. The standard InChI is InChI=1S/C16H24N2O/c1-5-11(2)10-18-15-9-13(4)12(3)8-14(15)17-16(18)6-7-19/h8-9,11,19H,5-7,10H2,1-4H3. The summed E-state index contributed by atoms with van der Waals surface area (Å²) in [6.45, 7) is 9.86. The highest BCUT2D eigenvalue weighted by atomic mass is 16.3. The molecule has 0 aliphatic carbocycles. The lowest BCUT2D eigenvalue weighted by Gasteiger charge is -2.14. The average molecular weight is 260 g/mol. The van der Waals surface area contributed by atoms with Crippen molar-refractivity contribution >= 4 is 11.0 Å². The summed E-state index contributed by atoms with van der Waals surface area (Å²) in [6.07, 6.45) is 1.78. The van der Waals surface area contributed by atoms with Crippen molar-refractivity contribution in [2.45, 2.75) is 47.1 Å². The minimum absolute atomic E-state index is 0.155. The maximum atomic E-state index is 9.22. The Morgan fingerprint density at radius 1 is 1.26 bits per heavy atom. The number of aliphatic hydroxyl groups is 1. The maximum absolute atomic E-state index is 9.22. The van der Waals surface area contributed by atoms with E-state index in [1.165, 1.54) is 16.6 Å². The molecule has 0 bridgehead atoms. The normalized spacial score (nSPS) is 13.1. The number of fused-ring (bicyclic) bond motifs is 1. The number of aromatic nitrogens is 2. The molecule has 2 aromatic rings. The summed E-state index contributed by atoms with van der Waals surface area (Å²) in [6, 6.07) is 4.37. The Kier molecular flexibility index (Phi) is 4.25. The molecule has 0 aliphatic rings. The highest BCUT2D eigenvalue weighted by Gasteiger charge is 2.13. The molecule has 3 nitrogen and oxygen atoms in total. The minimum atomic E-state index is 0.155. The van der Waals surface area contributed by atoms with Crippen LogP contribution in [0.15, 0.2) is 12.1 Å². The molecule has 0 saturated heterocycles. The predicted molar refractivity (Wildman–Crippen MR) is 79.5 cm³/mol. The first-order valence-electron chi connectivity index (χ1n) is 7.14. The van der Waals surface area contributed by atoms with Gasteiger partial charge in [0.15, 0.2) is 0 Å². The molecule has 1 heterocycles. The molecule has 3 heteroatoms. The van der Waals surface area contributed by atoms with E-state index < -0.39 is 0 Å². The monoisotopic (exact) mass is 260 g/mol. The van der Waals surface area contributed by atoms with Crippen LogP contribution in [0.3, 0.4) is 0 Å². The van der Waals surface area contributed by atoms with Crippen LogP contribution < -0.4 is 0 Å². The van der Waals surface area contributed by atoms with Gasteiger partial charge in [0.25, 0.3) is 0 Å². The summed E-state index contributed by atoms with van der Waals surface area (Å²) < 4.78 is 2.28. The molecular formula is C16H24N2O. The van der Waals surface area contributed by atoms with Crippen LogP contribution in [0.5, 0.6) is 0 Å². The maximum Gasteiger partial charge on any atom is 0.112 e. The van der Waals surface area contributed by atoms with Crippen molar-refractivity contribution in [1.29, 1.82) is 0 Å². The number of rotatable bonds is 5. The lowest BCUT2D eigenvalue weighted by molar-refractivity contribution is 0.293. The number of nitrogens with zero attached hydrogens (tertiary/aromatic N) is 2. The van der Waals surface area contributed by atoms with E-state index in [9.17, 15) is 5.11 Å². The van der Waals surface area contributed by atoms with E-state index in [0.29, 0.717) is 12.3 Å². The zero-order valence-electron chi connectivity index (χ0n) is 12.4. The van der Waals surface area contributed by atoms with Crippen LogP contribution >= 0.6 is 0 Å². The number of hydrogen-bond donors (Lipinski definition) is 1. The van der Waals surface area contributed by atoms with Gasteiger partial charge in [0.1, 0.15) is 5.82 Å². The Labute approximate surface area is 115 Å². The summed E-state index contributed by atoms with van der Waals surface area (Å²) in [5.74, 6) is 1.62. The molecule has 1 unspecified atom stereocenters. The fourth-order valence-corrected chi connectivity index (χ4v) is 2.37. The van der Waals surface area contributed by atoms with Crippen LogP contribution in [0.4, 0.5) is 0 Å². The second-order valence-electron chi connectivity index (χ2n) is 5.55. The van der Waals surface area contributed by atoms with Crippen LogP contribution in [-0.4, -0.2) is 21.3 Å². The van der Waals surface area contributed by atoms with Crippen molar-refractivity contribution in [3.63, 3.8) is 0 Å². The van der Waals surface area contributed by atoms with Gasteiger partial charge in [0.05, 0.1) is 17.6 Å². The van der Waals surface area contributed by atoms with Crippen LogP contribution in [0.25, 0.3) is 11.0 Å². The molecule has 0 aliphatic heterocycles. The predicted octanol–water partition coefficient (Wildman–Crippen LogP) is 3.23. The molecule has 1 aromatic carbocycles. The molecule has 1 aromatic heterocycles. The van der Waals surface area contributed by atoms with Crippen LogP contribution in [0.2, 0.25) is 0 Å². The quantitative estimate of drug-likeness (QED) is 0.896. The molecule has 1 atom stereocenters. The fraction of sp³-hybridized carbons (Fsp3) is 0.562. The molecular weight excluding hydrogens is 236 g/mol. The van der Waals surface area contributed by atoms with Gasteiger partial charge in [-0.25, -0.2) is 4.98 Å². The Bertz CT molecular complexity index is 572. The van der Waals surface area contributed by atoms with E-state index in [0.717, 1.165) is 24.3 Å². The summed E-state index contributed by atoms with van der Waals surface area (Å²) >= 11 is 0. The van der Waals surface area contributed by atoms with Crippen molar-refractivity contribution in [2.24, 2.45) is 5.92 Å². The summed E-state index contributed by atoms with van der Waals surface area (Å²) in [4.78, 5) is 4.69. The van der Waals surface area contributed by atoms with Gasteiger partial charge in [0, 0.05) is 13.0 Å². The summed E-state index contributed by atoms with van der Waals surface area (Å²) in [7, 11) is 0. The van der Waals surface area contributed by atoms with Crippen LogP contribution in [0, 0.1) is 19.8 Å². The Morgan fingerprint density at radius 2 is 1.95 bits per heavy atom. The third-order valence-electron chi connectivity index (χ3n) is 3.97. The minimum Gasteiger partial charge on any atom is -0.396 e. The zero-order valence-corrected chi connectivity index (χ0v) is 12.4. The van der Waals surface area contributed by atoms with E-state index >= 15 is 0 Å². The second kappa shape index (κ2) is 5.74. The molecule has 2 rings (SSSR count). The molecule has 0 amide bonds. The highest BCUT2D eigenvalue weighted by Crippen LogP contribution is 2.22. The molecule has 104 valence electrons. The van der Waals surface area contributed by atoms with Crippen molar-refractivity contribution in [3.8, 4) is 0 Å². The van der Waals surface area contributed by atoms with E-state index in [2.05, 4.69) is 44.4 Å². The molecule has 1 N–H and O–H groups in total. The van der Waals surface area contributed by atoms with Crippen LogP contribution in [-0.2, 0) is 13.0 Å². The smallest absolute Gasteiger partial charge is 0.112 e. The van der Waals surface area contributed by atoms with E-state index in [4.69, 9.17) is 4.98 Å². The Morgan fingerprint density at radius 3 is 2.58 bits per heavy atom. The lowest BCUT2D eigenvalue weighted by Crippen LogP contribution is -2.11. The van der Waals surface area contributed by atoms with E-state index in [-0.39, 0.29) is 6.61 Å². The van der Waals surface area contributed by atoms with Gasteiger partial charge in [0.2, 0.25) is 0 Å². The SMILES string of the molecule is CCC(C)Cn1c(CCO)nc2cc(C)c(C)cc21.